The Bertz CT molecular complexity index is 522. The number of hydrogen-bond donors (Lipinski definition) is 0. The van der Waals surface area contributed by atoms with Gasteiger partial charge < -0.3 is 9.64 Å². The summed E-state index contributed by atoms with van der Waals surface area (Å²) in [6.45, 7) is 0.746. The molecule has 4 nitrogen and oxygen atoms in total. The van der Waals surface area contributed by atoms with Gasteiger partial charge in [-0.3, -0.25) is 4.79 Å². The minimum Gasteiger partial charge on any atom is -0.497 e. The molecule has 0 saturated carbocycles. The third-order valence-electron chi connectivity index (χ3n) is 2.53. The number of ether oxygens (including phenoxy) is 1. The van der Waals surface area contributed by atoms with E-state index in [0.29, 0.717) is 4.88 Å². The van der Waals surface area contributed by atoms with Crippen molar-refractivity contribution in [1.29, 1.82) is 0 Å². The van der Waals surface area contributed by atoms with Crippen molar-refractivity contribution in [3.05, 3.63) is 40.9 Å². The molecule has 94 valence electrons. The minimum absolute atomic E-state index is 0.645. The number of carbonyl (C=O) groups excluding carboxylic acids is 1. The first-order chi connectivity index (χ1) is 8.72. The highest BCUT2D eigenvalue weighted by Gasteiger charge is 2.07. The topological polar surface area (TPSA) is 42.4 Å². The van der Waals surface area contributed by atoms with Crippen molar-refractivity contribution in [3.63, 3.8) is 0 Å². The van der Waals surface area contributed by atoms with Crippen molar-refractivity contribution in [3.8, 4) is 5.75 Å². The van der Waals surface area contributed by atoms with Crippen LogP contribution in [0.4, 0.5) is 5.13 Å². The van der Waals surface area contributed by atoms with E-state index >= 15 is 0 Å². The molecule has 0 unspecified atom stereocenters. The molecule has 0 aliphatic carbocycles. The van der Waals surface area contributed by atoms with E-state index in [1.54, 1.807) is 13.3 Å². The maximum atomic E-state index is 10.6. The molecule has 0 radical (unpaired) electrons. The fourth-order valence-electron chi connectivity index (χ4n) is 1.58. The van der Waals surface area contributed by atoms with Crippen molar-refractivity contribution in [2.75, 3.05) is 19.1 Å². The third kappa shape index (κ3) is 2.87. The molecule has 0 aliphatic heterocycles. The van der Waals surface area contributed by atoms with E-state index in [4.69, 9.17) is 4.74 Å². The number of thiazole rings is 1. The molecular formula is C13H14N2O2S. The van der Waals surface area contributed by atoms with Gasteiger partial charge in [-0.1, -0.05) is 23.5 Å². The molecule has 1 aromatic heterocycles. The largest absolute Gasteiger partial charge is 0.497 e. The van der Waals surface area contributed by atoms with E-state index in [-0.39, 0.29) is 0 Å². The Morgan fingerprint density at radius 2 is 2.11 bits per heavy atom. The van der Waals surface area contributed by atoms with E-state index in [1.807, 2.05) is 36.2 Å². The van der Waals surface area contributed by atoms with Crippen LogP contribution in [0.1, 0.15) is 15.2 Å². The van der Waals surface area contributed by atoms with Crippen molar-refractivity contribution in [1.82, 2.24) is 4.98 Å². The molecule has 0 bridgehead atoms. The number of carbonyl (C=O) groups is 1. The quantitative estimate of drug-likeness (QED) is 0.777. The molecule has 5 heteroatoms. The van der Waals surface area contributed by atoms with Crippen LogP contribution in [0.25, 0.3) is 0 Å². The number of aldehydes is 1. The standard InChI is InChI=1S/C13H14N2O2S/c1-15(13-14-7-12(9-16)18-13)8-10-3-5-11(17-2)6-4-10/h3-7,9H,8H2,1-2H3. The van der Waals surface area contributed by atoms with Crippen LogP contribution >= 0.6 is 11.3 Å². The van der Waals surface area contributed by atoms with Crippen LogP contribution < -0.4 is 9.64 Å². The maximum Gasteiger partial charge on any atom is 0.185 e. The molecule has 2 aromatic rings. The van der Waals surface area contributed by atoms with Gasteiger partial charge in [0.05, 0.1) is 18.2 Å². The highest BCUT2D eigenvalue weighted by molar-refractivity contribution is 7.17. The molecule has 18 heavy (non-hydrogen) atoms. The van der Waals surface area contributed by atoms with Gasteiger partial charge in [0, 0.05) is 13.6 Å². The van der Waals surface area contributed by atoms with Crippen LogP contribution in [-0.4, -0.2) is 25.4 Å². The highest BCUT2D eigenvalue weighted by atomic mass is 32.1. The van der Waals surface area contributed by atoms with Crippen molar-refractivity contribution < 1.29 is 9.53 Å². The lowest BCUT2D eigenvalue weighted by molar-refractivity contribution is 0.112. The summed E-state index contributed by atoms with van der Waals surface area (Å²) in [5, 5.41) is 0.841. The molecule has 0 saturated heterocycles. The molecule has 1 aromatic carbocycles. The van der Waals surface area contributed by atoms with Crippen LogP contribution in [0, 0.1) is 0 Å². The summed E-state index contributed by atoms with van der Waals surface area (Å²) in [6, 6.07) is 7.90. The summed E-state index contributed by atoms with van der Waals surface area (Å²) >= 11 is 1.39. The Kier molecular flexibility index (Phi) is 3.94. The van der Waals surface area contributed by atoms with Crippen molar-refractivity contribution >= 4 is 22.8 Å². The van der Waals surface area contributed by atoms with E-state index in [2.05, 4.69) is 4.98 Å². The monoisotopic (exact) mass is 262 g/mol. The van der Waals surface area contributed by atoms with Crippen molar-refractivity contribution in [2.45, 2.75) is 6.54 Å². The zero-order valence-corrected chi connectivity index (χ0v) is 11.1. The fraction of sp³-hybridized carbons (Fsp3) is 0.231. The molecular weight excluding hydrogens is 248 g/mol. The zero-order valence-electron chi connectivity index (χ0n) is 10.3. The third-order valence-corrected chi connectivity index (χ3v) is 3.57. The van der Waals surface area contributed by atoms with Gasteiger partial charge in [0.2, 0.25) is 0 Å². The maximum absolute atomic E-state index is 10.6. The lowest BCUT2D eigenvalue weighted by atomic mass is 10.2. The Balaban J connectivity index is 2.05. The molecule has 0 fully saturated rings. The first-order valence-electron chi connectivity index (χ1n) is 5.48. The van der Waals surface area contributed by atoms with Gasteiger partial charge in [0.1, 0.15) is 5.75 Å². The second-order valence-corrected chi connectivity index (χ2v) is 4.91. The zero-order chi connectivity index (χ0) is 13.0. The fourth-order valence-corrected chi connectivity index (χ4v) is 2.27. The van der Waals surface area contributed by atoms with Crippen LogP contribution in [0.15, 0.2) is 30.5 Å². The second-order valence-electron chi connectivity index (χ2n) is 3.87. The molecule has 0 atom stereocenters. The first kappa shape index (κ1) is 12.6. The first-order valence-corrected chi connectivity index (χ1v) is 6.29. The van der Waals surface area contributed by atoms with Crippen LogP contribution in [0.2, 0.25) is 0 Å². The van der Waals surface area contributed by atoms with Crippen molar-refractivity contribution in [2.24, 2.45) is 0 Å². The summed E-state index contributed by atoms with van der Waals surface area (Å²) in [6.07, 6.45) is 2.42. The number of nitrogens with zero attached hydrogens (tertiary/aromatic N) is 2. The molecule has 0 N–H and O–H groups in total. The molecule has 0 spiro atoms. The average molecular weight is 262 g/mol. The summed E-state index contributed by atoms with van der Waals surface area (Å²) in [4.78, 5) is 17.5. The lowest BCUT2D eigenvalue weighted by Gasteiger charge is -2.15. The van der Waals surface area contributed by atoms with Gasteiger partial charge in [0.15, 0.2) is 11.4 Å². The average Bonchev–Trinajstić information content (AvgIpc) is 2.88. The van der Waals surface area contributed by atoms with E-state index in [1.165, 1.54) is 16.9 Å². The number of methoxy groups -OCH3 is 1. The lowest BCUT2D eigenvalue weighted by Crippen LogP contribution is -2.15. The number of anilines is 1. The van der Waals surface area contributed by atoms with E-state index < -0.39 is 0 Å². The van der Waals surface area contributed by atoms with Crippen LogP contribution in [0.5, 0.6) is 5.75 Å². The Labute approximate surface area is 110 Å². The van der Waals surface area contributed by atoms with Crippen LogP contribution in [-0.2, 0) is 6.54 Å². The summed E-state index contributed by atoms with van der Waals surface area (Å²) < 4.78 is 5.11. The van der Waals surface area contributed by atoms with Gasteiger partial charge in [-0.05, 0) is 17.7 Å². The number of rotatable bonds is 5. The van der Waals surface area contributed by atoms with E-state index in [0.717, 1.165) is 23.7 Å². The Hall–Kier alpha value is -1.88. The van der Waals surface area contributed by atoms with Gasteiger partial charge >= 0.3 is 0 Å². The smallest absolute Gasteiger partial charge is 0.185 e. The van der Waals surface area contributed by atoms with Crippen LogP contribution in [0.3, 0.4) is 0 Å². The second kappa shape index (κ2) is 5.64. The van der Waals surface area contributed by atoms with E-state index in [9.17, 15) is 4.79 Å². The van der Waals surface area contributed by atoms with Gasteiger partial charge in [0.25, 0.3) is 0 Å². The summed E-state index contributed by atoms with van der Waals surface area (Å²) in [5.74, 6) is 0.846. The van der Waals surface area contributed by atoms with Gasteiger partial charge in [-0.25, -0.2) is 4.98 Å². The Morgan fingerprint density at radius 3 is 2.67 bits per heavy atom. The SMILES string of the molecule is COc1ccc(CN(C)c2ncc(C=O)s2)cc1. The predicted molar refractivity (Wildman–Crippen MR) is 72.6 cm³/mol. The van der Waals surface area contributed by atoms with Gasteiger partial charge in [-0.2, -0.15) is 0 Å². The normalized spacial score (nSPS) is 10.1. The molecule has 1 heterocycles. The minimum atomic E-state index is 0.645. The number of aromatic nitrogens is 1. The summed E-state index contributed by atoms with van der Waals surface area (Å²) in [5.41, 5.74) is 1.17. The predicted octanol–water partition coefficient (Wildman–Crippen LogP) is 2.60. The van der Waals surface area contributed by atoms with Gasteiger partial charge in [-0.15, -0.1) is 0 Å². The Morgan fingerprint density at radius 1 is 1.39 bits per heavy atom. The summed E-state index contributed by atoms with van der Waals surface area (Å²) in [7, 11) is 3.61. The molecule has 2 rings (SSSR count). The molecule has 0 aliphatic rings. The number of benzene rings is 1. The molecule has 0 amide bonds. The number of hydrogen-bond acceptors (Lipinski definition) is 5. The highest BCUT2D eigenvalue weighted by Crippen LogP contribution is 2.22.